The van der Waals surface area contributed by atoms with Crippen LogP contribution in [0.1, 0.15) is 44.4 Å². The molecule has 2 aliphatic rings. The molecule has 1 atom stereocenters. The van der Waals surface area contributed by atoms with Crippen molar-refractivity contribution in [1.29, 1.82) is 0 Å². The van der Waals surface area contributed by atoms with Crippen molar-refractivity contribution < 1.29 is 4.79 Å². The van der Waals surface area contributed by atoms with E-state index in [1.165, 1.54) is 18.4 Å². The van der Waals surface area contributed by atoms with Gasteiger partial charge < -0.3 is 9.30 Å². The number of carbonyl (C=O) groups excluding carboxylic acids is 1. The third-order valence-electron chi connectivity index (χ3n) is 5.76. The van der Waals surface area contributed by atoms with Crippen LogP contribution in [0.2, 0.25) is 0 Å². The van der Waals surface area contributed by atoms with Gasteiger partial charge in [-0.15, -0.1) is 0 Å². The Hall–Kier alpha value is -1.88. The van der Waals surface area contributed by atoms with E-state index in [1.54, 1.807) is 0 Å². The van der Waals surface area contributed by atoms with Gasteiger partial charge in [0.2, 0.25) is 5.91 Å². The molecule has 0 aromatic carbocycles. The molecule has 2 fully saturated rings. The molecule has 2 aromatic rings. The molecule has 4 rings (SSSR count). The fourth-order valence-corrected chi connectivity index (χ4v) is 4.03. The summed E-state index contributed by atoms with van der Waals surface area (Å²) in [4.78, 5) is 22.1. The van der Waals surface area contributed by atoms with Crippen LogP contribution in [0.3, 0.4) is 0 Å². The third kappa shape index (κ3) is 3.78. The van der Waals surface area contributed by atoms with Crippen molar-refractivity contribution >= 4 is 11.6 Å². The third-order valence-corrected chi connectivity index (χ3v) is 5.76. The number of rotatable bonds is 5. The Morgan fingerprint density at radius 1 is 1.23 bits per heavy atom. The topological polar surface area (TPSA) is 40.9 Å². The summed E-state index contributed by atoms with van der Waals surface area (Å²) in [5.41, 5.74) is 3.31. The molecule has 0 radical (unpaired) electrons. The summed E-state index contributed by atoms with van der Waals surface area (Å²) in [7, 11) is 0. The van der Waals surface area contributed by atoms with Crippen LogP contribution in [-0.4, -0.2) is 50.8 Å². The smallest absolute Gasteiger partial charge is 0.224 e. The predicted octanol–water partition coefficient (Wildman–Crippen LogP) is 3.11. The summed E-state index contributed by atoms with van der Waals surface area (Å²) in [5.74, 6) is 1.55. The van der Waals surface area contributed by atoms with Crippen LogP contribution < -0.4 is 0 Å². The Morgan fingerprint density at radius 3 is 2.77 bits per heavy atom. The highest BCUT2D eigenvalue weighted by molar-refractivity contribution is 5.77. The zero-order valence-corrected chi connectivity index (χ0v) is 16.2. The molecule has 26 heavy (non-hydrogen) atoms. The molecule has 0 spiro atoms. The second kappa shape index (κ2) is 7.03. The largest absolute Gasteiger partial charge is 0.338 e. The van der Waals surface area contributed by atoms with Gasteiger partial charge in [0, 0.05) is 51.0 Å². The Morgan fingerprint density at radius 2 is 2.04 bits per heavy atom. The second-order valence-electron chi connectivity index (χ2n) is 8.49. The number of aryl methyl sites for hydroxylation is 1. The van der Waals surface area contributed by atoms with E-state index in [4.69, 9.17) is 4.98 Å². The quantitative estimate of drug-likeness (QED) is 0.828. The molecule has 5 heteroatoms. The number of aromatic nitrogens is 2. The van der Waals surface area contributed by atoms with Crippen molar-refractivity contribution in [1.82, 2.24) is 19.2 Å². The van der Waals surface area contributed by atoms with E-state index in [9.17, 15) is 4.79 Å². The Labute approximate surface area is 156 Å². The minimum atomic E-state index is 0.310. The maximum Gasteiger partial charge on any atom is 0.224 e. The monoisotopic (exact) mass is 354 g/mol. The molecule has 5 nitrogen and oxygen atoms in total. The van der Waals surface area contributed by atoms with E-state index in [-0.39, 0.29) is 0 Å². The van der Waals surface area contributed by atoms with Crippen LogP contribution in [-0.2, 0) is 11.3 Å². The molecule has 1 aliphatic carbocycles. The van der Waals surface area contributed by atoms with Crippen LogP contribution in [0.4, 0.5) is 0 Å². The zero-order chi connectivity index (χ0) is 18.3. The van der Waals surface area contributed by atoms with Crippen molar-refractivity contribution in [2.24, 2.45) is 11.8 Å². The normalized spacial score (nSPS) is 22.4. The van der Waals surface area contributed by atoms with Gasteiger partial charge in [0.15, 0.2) is 0 Å². The van der Waals surface area contributed by atoms with Gasteiger partial charge >= 0.3 is 0 Å². The zero-order valence-electron chi connectivity index (χ0n) is 16.2. The van der Waals surface area contributed by atoms with Gasteiger partial charge in [0.05, 0.1) is 5.69 Å². The van der Waals surface area contributed by atoms with E-state index in [1.807, 2.05) is 0 Å². The van der Waals surface area contributed by atoms with Crippen molar-refractivity contribution in [3.63, 3.8) is 0 Å². The van der Waals surface area contributed by atoms with Gasteiger partial charge in [-0.1, -0.05) is 19.9 Å². The lowest BCUT2D eigenvalue weighted by Crippen LogP contribution is -2.47. The first-order valence-electron chi connectivity index (χ1n) is 9.95. The molecular formula is C21H30N4O. The van der Waals surface area contributed by atoms with E-state index < -0.39 is 0 Å². The summed E-state index contributed by atoms with van der Waals surface area (Å²) < 4.78 is 2.10. The fourth-order valence-electron chi connectivity index (χ4n) is 4.03. The molecule has 3 heterocycles. The number of pyridine rings is 1. The lowest BCUT2D eigenvalue weighted by molar-refractivity contribution is -0.133. The molecule has 1 saturated heterocycles. The minimum Gasteiger partial charge on any atom is -0.338 e. The van der Waals surface area contributed by atoms with Gasteiger partial charge in [-0.3, -0.25) is 9.69 Å². The number of hydrogen-bond donors (Lipinski definition) is 0. The lowest BCUT2D eigenvalue weighted by atomic mass is 10.0. The van der Waals surface area contributed by atoms with Crippen molar-refractivity contribution in [2.75, 3.05) is 19.6 Å². The van der Waals surface area contributed by atoms with Crippen molar-refractivity contribution in [3.8, 4) is 0 Å². The molecule has 1 saturated carbocycles. The number of carbonyl (C=O) groups is 1. The maximum atomic E-state index is 12.7. The molecule has 0 bridgehead atoms. The van der Waals surface area contributed by atoms with Crippen molar-refractivity contribution in [2.45, 2.75) is 52.6 Å². The van der Waals surface area contributed by atoms with E-state index in [0.29, 0.717) is 24.3 Å². The molecular weight excluding hydrogens is 324 g/mol. The van der Waals surface area contributed by atoms with Crippen LogP contribution in [0.25, 0.3) is 5.65 Å². The molecule has 1 amide bonds. The van der Waals surface area contributed by atoms with Gasteiger partial charge in [0.25, 0.3) is 0 Å². The number of fused-ring (bicyclic) bond motifs is 1. The average Bonchev–Trinajstić information content (AvgIpc) is 3.35. The van der Waals surface area contributed by atoms with Crippen LogP contribution in [0.15, 0.2) is 24.5 Å². The van der Waals surface area contributed by atoms with E-state index in [2.05, 4.69) is 59.5 Å². The highest BCUT2D eigenvalue weighted by Gasteiger charge is 2.35. The number of imidazole rings is 1. The summed E-state index contributed by atoms with van der Waals surface area (Å²) in [6, 6.07) is 4.48. The lowest BCUT2D eigenvalue weighted by Gasteiger charge is -2.34. The second-order valence-corrected chi connectivity index (χ2v) is 8.49. The summed E-state index contributed by atoms with van der Waals surface area (Å²) in [6.07, 6.45) is 7.45. The SMILES string of the molecule is Cc1ccc2nc(CN3CCC(=O)N(CC4CC4)[C@@H](C(C)C)C3)cn2c1. The van der Waals surface area contributed by atoms with E-state index in [0.717, 1.165) is 43.4 Å². The molecule has 2 aromatic heterocycles. The highest BCUT2D eigenvalue weighted by atomic mass is 16.2. The molecule has 1 aliphatic heterocycles. The van der Waals surface area contributed by atoms with Gasteiger partial charge in [-0.2, -0.15) is 0 Å². The molecule has 140 valence electrons. The number of nitrogens with zero attached hydrogens (tertiary/aromatic N) is 4. The van der Waals surface area contributed by atoms with Crippen LogP contribution >= 0.6 is 0 Å². The highest BCUT2D eigenvalue weighted by Crippen LogP contribution is 2.32. The Balaban J connectivity index is 1.51. The van der Waals surface area contributed by atoms with Crippen molar-refractivity contribution in [3.05, 3.63) is 35.8 Å². The summed E-state index contributed by atoms with van der Waals surface area (Å²) >= 11 is 0. The number of hydrogen-bond acceptors (Lipinski definition) is 3. The standard InChI is InChI=1S/C21H30N4O/c1-15(2)19-14-23(9-8-21(26)25(19)11-17-5-6-17)12-18-13-24-10-16(3)4-7-20(24)22-18/h4,7,10,13,15,17,19H,5-6,8-9,11-12,14H2,1-3H3/t19-/m1/s1. The van der Waals surface area contributed by atoms with Gasteiger partial charge in [0.1, 0.15) is 5.65 Å². The fraction of sp³-hybridized carbons (Fsp3) is 0.619. The maximum absolute atomic E-state index is 12.7. The molecule has 0 N–H and O–H groups in total. The molecule has 0 unspecified atom stereocenters. The first kappa shape index (κ1) is 17.5. The van der Waals surface area contributed by atoms with Crippen LogP contribution in [0, 0.1) is 18.8 Å². The van der Waals surface area contributed by atoms with Gasteiger partial charge in [-0.25, -0.2) is 4.98 Å². The van der Waals surface area contributed by atoms with Gasteiger partial charge in [-0.05, 0) is 43.2 Å². The van der Waals surface area contributed by atoms with E-state index >= 15 is 0 Å². The Bertz CT molecular complexity index is 792. The van der Waals surface area contributed by atoms with Crippen LogP contribution in [0.5, 0.6) is 0 Å². The average molecular weight is 354 g/mol. The predicted molar refractivity (Wildman–Crippen MR) is 103 cm³/mol. The number of amides is 1. The minimum absolute atomic E-state index is 0.310. The first-order chi connectivity index (χ1) is 12.5. The summed E-state index contributed by atoms with van der Waals surface area (Å²) in [5, 5.41) is 0. The Kier molecular flexibility index (Phi) is 4.74. The first-order valence-corrected chi connectivity index (χ1v) is 9.95. The summed E-state index contributed by atoms with van der Waals surface area (Å²) in [6.45, 7) is 10.1.